The molecule has 9 nitrogen and oxygen atoms in total. The molecule has 2 atom stereocenters. The molecule has 1 aromatic heterocycles. The quantitative estimate of drug-likeness (QED) is 0.776. The Kier molecular flexibility index (Phi) is 5.99. The summed E-state index contributed by atoms with van der Waals surface area (Å²) in [5.74, 6) is -3.42. The van der Waals surface area contributed by atoms with Crippen LogP contribution in [0.3, 0.4) is 0 Å². The molecule has 0 radical (unpaired) electrons. The minimum atomic E-state index is -1.14. The summed E-state index contributed by atoms with van der Waals surface area (Å²) in [4.78, 5) is 38.8. The fourth-order valence-corrected chi connectivity index (χ4v) is 3.32. The highest BCUT2D eigenvalue weighted by atomic mass is 19.1. The van der Waals surface area contributed by atoms with Crippen molar-refractivity contribution in [3.05, 3.63) is 41.6 Å². The molecule has 0 saturated carbocycles. The summed E-state index contributed by atoms with van der Waals surface area (Å²) in [5, 5.41) is 15.5. The number of piperidine rings is 1. The summed E-state index contributed by atoms with van der Waals surface area (Å²) in [6, 6.07) is 3.49. The molecule has 3 rings (SSSR count). The largest absolute Gasteiger partial charge is 0.465 e. The first kappa shape index (κ1) is 21.2. The van der Waals surface area contributed by atoms with Crippen molar-refractivity contribution in [1.82, 2.24) is 20.3 Å². The lowest BCUT2D eigenvalue weighted by molar-refractivity contribution is -0.135. The van der Waals surface area contributed by atoms with E-state index in [1.165, 1.54) is 17.0 Å². The number of amides is 3. The third-order valence-electron chi connectivity index (χ3n) is 4.90. The Morgan fingerprint density at radius 2 is 2.00 bits per heavy atom. The monoisotopic (exact) mass is 422 g/mol. The van der Waals surface area contributed by atoms with Crippen molar-refractivity contribution in [1.29, 1.82) is 0 Å². The summed E-state index contributed by atoms with van der Waals surface area (Å²) < 4.78 is 32.0. The second-order valence-corrected chi connectivity index (χ2v) is 7.14. The molecule has 2 heterocycles. The summed E-state index contributed by atoms with van der Waals surface area (Å²) in [7, 11) is 3.09. The third kappa shape index (κ3) is 4.39. The summed E-state index contributed by atoms with van der Waals surface area (Å²) in [5.41, 5.74) is -0.205. The van der Waals surface area contributed by atoms with Crippen molar-refractivity contribution in [3.63, 3.8) is 0 Å². The van der Waals surface area contributed by atoms with E-state index in [4.69, 9.17) is 4.52 Å². The molecule has 2 aromatic rings. The van der Waals surface area contributed by atoms with Crippen molar-refractivity contribution in [2.24, 2.45) is 5.92 Å². The van der Waals surface area contributed by atoms with E-state index < -0.39 is 35.6 Å². The molecule has 2 N–H and O–H groups in total. The first-order chi connectivity index (χ1) is 14.2. The number of nitrogens with zero attached hydrogens (tertiary/aromatic N) is 3. The lowest BCUT2D eigenvalue weighted by Crippen LogP contribution is -2.56. The van der Waals surface area contributed by atoms with Crippen LogP contribution in [0.5, 0.6) is 0 Å². The molecule has 0 bridgehead atoms. The van der Waals surface area contributed by atoms with Crippen LogP contribution in [0.1, 0.15) is 16.9 Å². The molecule has 1 aliphatic heterocycles. The maximum absolute atomic E-state index is 13.9. The van der Waals surface area contributed by atoms with E-state index in [0.29, 0.717) is 6.07 Å². The average Bonchev–Trinajstić information content (AvgIpc) is 3.17. The predicted octanol–water partition coefficient (Wildman–Crippen LogP) is 1.81. The van der Waals surface area contributed by atoms with Gasteiger partial charge in [0.1, 0.15) is 11.6 Å². The van der Waals surface area contributed by atoms with E-state index in [2.05, 4.69) is 10.5 Å². The van der Waals surface area contributed by atoms with Gasteiger partial charge in [-0.05, 0) is 18.6 Å². The molecular formula is C19H20F2N4O5. The number of carbonyl (C=O) groups excluding carboxylic acids is 2. The Balaban J connectivity index is 1.76. The number of rotatable bonds is 4. The van der Waals surface area contributed by atoms with E-state index in [1.54, 1.807) is 14.1 Å². The van der Waals surface area contributed by atoms with E-state index in [9.17, 15) is 28.3 Å². The molecule has 1 aromatic carbocycles. The van der Waals surface area contributed by atoms with Gasteiger partial charge in [-0.15, -0.1) is 0 Å². The Bertz CT molecular complexity index is 978. The van der Waals surface area contributed by atoms with Gasteiger partial charge in [-0.1, -0.05) is 5.16 Å². The normalized spacial score (nSPS) is 18.7. The van der Waals surface area contributed by atoms with Gasteiger partial charge in [-0.2, -0.15) is 0 Å². The van der Waals surface area contributed by atoms with Crippen LogP contribution in [0.4, 0.5) is 13.6 Å². The lowest BCUT2D eigenvalue weighted by atomic mass is 9.90. The van der Waals surface area contributed by atoms with Gasteiger partial charge in [0, 0.05) is 45.4 Å². The van der Waals surface area contributed by atoms with E-state index in [-0.39, 0.29) is 42.4 Å². The smallest absolute Gasteiger partial charge is 0.407 e. The zero-order chi connectivity index (χ0) is 22.0. The molecular weight excluding hydrogens is 402 g/mol. The molecule has 3 amide bonds. The van der Waals surface area contributed by atoms with Crippen LogP contribution in [0.2, 0.25) is 0 Å². The summed E-state index contributed by atoms with van der Waals surface area (Å²) in [6.45, 7) is 0.102. The van der Waals surface area contributed by atoms with Gasteiger partial charge in [0.2, 0.25) is 5.91 Å². The van der Waals surface area contributed by atoms with Gasteiger partial charge in [0.05, 0.1) is 11.5 Å². The number of carbonyl (C=O) groups is 3. The zero-order valence-electron chi connectivity index (χ0n) is 16.3. The summed E-state index contributed by atoms with van der Waals surface area (Å²) >= 11 is 0. The second-order valence-electron chi connectivity index (χ2n) is 7.14. The minimum Gasteiger partial charge on any atom is -0.465 e. The molecule has 11 heteroatoms. The van der Waals surface area contributed by atoms with Gasteiger partial charge in [-0.3, -0.25) is 9.59 Å². The minimum absolute atomic E-state index is 0.0534. The number of benzene rings is 1. The van der Waals surface area contributed by atoms with Crippen LogP contribution in [-0.4, -0.2) is 71.2 Å². The highest BCUT2D eigenvalue weighted by molar-refractivity contribution is 5.94. The third-order valence-corrected chi connectivity index (χ3v) is 4.90. The molecule has 0 spiro atoms. The Labute approximate surface area is 170 Å². The van der Waals surface area contributed by atoms with Gasteiger partial charge in [-0.25, -0.2) is 13.6 Å². The molecule has 2 unspecified atom stereocenters. The number of halogens is 2. The van der Waals surface area contributed by atoms with Crippen LogP contribution in [0.25, 0.3) is 11.3 Å². The second kappa shape index (κ2) is 8.47. The van der Waals surface area contributed by atoms with Crippen LogP contribution < -0.4 is 5.32 Å². The maximum atomic E-state index is 13.9. The van der Waals surface area contributed by atoms with Crippen LogP contribution in [-0.2, 0) is 4.79 Å². The molecule has 1 saturated heterocycles. The lowest BCUT2D eigenvalue weighted by Gasteiger charge is -2.37. The summed E-state index contributed by atoms with van der Waals surface area (Å²) in [6.07, 6.45) is -0.904. The van der Waals surface area contributed by atoms with Crippen molar-refractivity contribution in [2.45, 2.75) is 12.5 Å². The molecule has 30 heavy (non-hydrogen) atoms. The Morgan fingerprint density at radius 1 is 1.27 bits per heavy atom. The zero-order valence-corrected chi connectivity index (χ0v) is 16.3. The number of hydrogen-bond acceptors (Lipinski definition) is 5. The average molecular weight is 422 g/mol. The van der Waals surface area contributed by atoms with E-state index in [0.717, 1.165) is 11.0 Å². The first-order valence-corrected chi connectivity index (χ1v) is 9.09. The number of nitrogens with one attached hydrogen (secondary N) is 1. The fourth-order valence-electron chi connectivity index (χ4n) is 3.32. The Morgan fingerprint density at radius 3 is 2.63 bits per heavy atom. The van der Waals surface area contributed by atoms with Crippen molar-refractivity contribution in [2.75, 3.05) is 27.2 Å². The molecule has 0 aliphatic carbocycles. The highest BCUT2D eigenvalue weighted by Crippen LogP contribution is 2.25. The molecule has 1 fully saturated rings. The van der Waals surface area contributed by atoms with E-state index in [1.807, 2.05) is 0 Å². The standard InChI is InChI=1S/C19H20F2N4O5/c1-24(2)18(27)12-9-25(19(28)29)6-5-14(12)22-17(26)15-8-16(30-23-15)11-4-3-10(20)7-13(11)21/h3-4,7-8,12,14H,5-6,9H2,1-2H3,(H,22,26)(H,28,29). The van der Waals surface area contributed by atoms with Gasteiger partial charge in [0.15, 0.2) is 11.5 Å². The Hall–Kier alpha value is -3.50. The number of likely N-dealkylation sites (tertiary alicyclic amines) is 1. The molecule has 160 valence electrons. The van der Waals surface area contributed by atoms with Crippen LogP contribution >= 0.6 is 0 Å². The maximum Gasteiger partial charge on any atom is 0.407 e. The number of carboxylic acid groups (broad SMARTS) is 1. The van der Waals surface area contributed by atoms with Crippen LogP contribution in [0, 0.1) is 17.6 Å². The van der Waals surface area contributed by atoms with E-state index >= 15 is 0 Å². The first-order valence-electron chi connectivity index (χ1n) is 9.09. The van der Waals surface area contributed by atoms with Crippen LogP contribution in [0.15, 0.2) is 28.8 Å². The van der Waals surface area contributed by atoms with Crippen molar-refractivity contribution < 1.29 is 32.8 Å². The highest BCUT2D eigenvalue weighted by Gasteiger charge is 2.38. The SMILES string of the molecule is CN(C)C(=O)C1CN(C(=O)O)CCC1NC(=O)c1cc(-c2ccc(F)cc2F)on1. The predicted molar refractivity (Wildman–Crippen MR) is 99.5 cm³/mol. The topological polar surface area (TPSA) is 116 Å². The van der Waals surface area contributed by atoms with Gasteiger partial charge in [0.25, 0.3) is 5.91 Å². The number of aromatic nitrogens is 1. The fraction of sp³-hybridized carbons (Fsp3) is 0.368. The van der Waals surface area contributed by atoms with Gasteiger partial charge < -0.3 is 24.7 Å². The molecule has 1 aliphatic rings. The van der Waals surface area contributed by atoms with Crippen molar-refractivity contribution >= 4 is 17.9 Å². The van der Waals surface area contributed by atoms with Crippen molar-refractivity contribution in [3.8, 4) is 11.3 Å². The number of hydrogen-bond donors (Lipinski definition) is 2. The van der Waals surface area contributed by atoms with Gasteiger partial charge >= 0.3 is 6.09 Å².